The highest BCUT2D eigenvalue weighted by Gasteiger charge is 2.21. The zero-order valence-electron chi connectivity index (χ0n) is 8.54. The number of hydrogen-bond donors (Lipinski definition) is 0. The van der Waals surface area contributed by atoms with Gasteiger partial charge in [0.25, 0.3) is 5.97 Å². The largest absolute Gasteiger partial charge is 0.516 e. The first-order chi connectivity index (χ1) is 6.17. The van der Waals surface area contributed by atoms with Gasteiger partial charge < -0.3 is 4.43 Å². The summed E-state index contributed by atoms with van der Waals surface area (Å²) in [6.07, 6.45) is 6.15. The minimum Gasteiger partial charge on any atom is -0.516 e. The van der Waals surface area contributed by atoms with Gasteiger partial charge >= 0.3 is 10.5 Å². The molecule has 0 aromatic rings. The predicted molar refractivity (Wildman–Crippen MR) is 54.2 cm³/mol. The lowest BCUT2D eigenvalue weighted by atomic mass is 9.90. The van der Waals surface area contributed by atoms with Crippen molar-refractivity contribution in [1.82, 2.24) is 0 Å². The van der Waals surface area contributed by atoms with Crippen LogP contribution in [-0.4, -0.2) is 16.5 Å². The van der Waals surface area contributed by atoms with E-state index < -0.39 is 0 Å². The molecule has 3 heteroatoms. The van der Waals surface area contributed by atoms with Gasteiger partial charge in [-0.05, 0) is 19.3 Å². The van der Waals surface area contributed by atoms with Gasteiger partial charge in [-0.2, -0.15) is 0 Å². The van der Waals surface area contributed by atoms with Crippen LogP contribution in [0.15, 0.2) is 12.2 Å². The smallest absolute Gasteiger partial charge is 0.345 e. The van der Waals surface area contributed by atoms with Crippen LogP contribution in [0.4, 0.5) is 0 Å². The molecular formula is C10H17O2Si. The molecule has 3 radical (unpaired) electrons. The summed E-state index contributed by atoms with van der Waals surface area (Å²) in [5.41, 5.74) is 0. The van der Waals surface area contributed by atoms with Crippen molar-refractivity contribution in [3.8, 4) is 0 Å². The molecule has 0 aliphatic heterocycles. The molecule has 0 amide bonds. The molecule has 0 N–H and O–H groups in total. The Morgan fingerprint density at radius 1 is 1.62 bits per heavy atom. The van der Waals surface area contributed by atoms with Crippen LogP contribution < -0.4 is 0 Å². The van der Waals surface area contributed by atoms with Crippen molar-refractivity contribution in [2.75, 3.05) is 0 Å². The van der Waals surface area contributed by atoms with Crippen LogP contribution in [0.1, 0.15) is 33.6 Å². The average Bonchev–Trinajstić information content (AvgIpc) is 2.15. The Hall–Kier alpha value is -0.573. The van der Waals surface area contributed by atoms with E-state index >= 15 is 0 Å². The molecule has 0 bridgehead atoms. The van der Waals surface area contributed by atoms with Gasteiger partial charge in [-0.1, -0.05) is 32.4 Å². The molecule has 0 aromatic heterocycles. The second kappa shape index (κ2) is 6.89. The van der Waals surface area contributed by atoms with Crippen molar-refractivity contribution in [1.29, 1.82) is 0 Å². The van der Waals surface area contributed by atoms with E-state index in [4.69, 9.17) is 0 Å². The quantitative estimate of drug-likeness (QED) is 0.499. The van der Waals surface area contributed by atoms with Crippen LogP contribution >= 0.6 is 0 Å². The third-order valence-electron chi connectivity index (χ3n) is 2.18. The lowest BCUT2D eigenvalue weighted by Crippen LogP contribution is -2.21. The lowest BCUT2D eigenvalue weighted by molar-refractivity contribution is -0.139. The molecule has 0 aliphatic rings. The molecule has 0 fully saturated rings. The van der Waals surface area contributed by atoms with E-state index in [1.807, 2.05) is 19.9 Å². The number of carbonyl (C=O) groups excluding carboxylic acids is 1. The fourth-order valence-corrected chi connectivity index (χ4v) is 1.55. The van der Waals surface area contributed by atoms with E-state index in [0.717, 1.165) is 12.8 Å². The highest BCUT2D eigenvalue weighted by Crippen LogP contribution is 2.20. The van der Waals surface area contributed by atoms with E-state index in [2.05, 4.69) is 27.9 Å². The average molecular weight is 197 g/mol. The second-order valence-corrected chi connectivity index (χ2v) is 3.39. The Bertz CT molecular complexity index is 178. The maximum Gasteiger partial charge on any atom is 0.345 e. The van der Waals surface area contributed by atoms with Gasteiger partial charge in [0.05, 0.1) is 5.92 Å². The predicted octanol–water partition coefficient (Wildman–Crippen LogP) is 2.24. The Kier molecular flexibility index (Phi) is 6.59. The number of rotatable bonds is 5. The van der Waals surface area contributed by atoms with Crippen LogP contribution in [0.25, 0.3) is 0 Å². The molecular weight excluding hydrogens is 180 g/mol. The third kappa shape index (κ3) is 4.27. The van der Waals surface area contributed by atoms with Crippen LogP contribution in [0, 0.1) is 11.8 Å². The third-order valence-corrected chi connectivity index (χ3v) is 2.38. The van der Waals surface area contributed by atoms with Gasteiger partial charge in [-0.15, -0.1) is 0 Å². The summed E-state index contributed by atoms with van der Waals surface area (Å²) in [5, 5.41) is 0. The number of hydrogen-bond acceptors (Lipinski definition) is 2. The van der Waals surface area contributed by atoms with E-state index in [9.17, 15) is 4.79 Å². The van der Waals surface area contributed by atoms with Gasteiger partial charge in [0.1, 0.15) is 0 Å². The van der Waals surface area contributed by atoms with E-state index in [1.165, 1.54) is 0 Å². The summed E-state index contributed by atoms with van der Waals surface area (Å²) in [6, 6.07) is 0. The molecule has 0 saturated carbocycles. The summed E-state index contributed by atoms with van der Waals surface area (Å²) in [7, 11) is 2.76. The zero-order valence-corrected chi connectivity index (χ0v) is 9.54. The fourth-order valence-electron chi connectivity index (χ4n) is 1.36. The first-order valence-corrected chi connectivity index (χ1v) is 5.08. The van der Waals surface area contributed by atoms with Crippen molar-refractivity contribution in [2.45, 2.75) is 33.6 Å². The highest BCUT2D eigenvalue weighted by molar-refractivity contribution is 6.05. The Balaban J connectivity index is 4.26. The summed E-state index contributed by atoms with van der Waals surface area (Å²) in [4.78, 5) is 11.2. The Morgan fingerprint density at radius 2 is 2.23 bits per heavy atom. The number of carbonyl (C=O) groups is 1. The lowest BCUT2D eigenvalue weighted by Gasteiger charge is -2.17. The molecule has 73 valence electrons. The fraction of sp³-hybridized carbons (Fsp3) is 0.700. The molecule has 2 nitrogen and oxygen atoms in total. The maximum absolute atomic E-state index is 11.2. The standard InChI is InChI=1S/C10H17O2Si/c1-4-6-9(7-5-2)8(3)10(11)12-13/h4,6,8-9H,5,7H2,1-3H3/b6-4+. The first-order valence-electron chi connectivity index (χ1n) is 4.67. The number of allylic oxidation sites excluding steroid dienone is 2. The van der Waals surface area contributed by atoms with E-state index in [-0.39, 0.29) is 11.9 Å². The molecule has 2 atom stereocenters. The van der Waals surface area contributed by atoms with E-state index in [1.54, 1.807) is 0 Å². The SMILES string of the molecule is C/C=C/C(CCC)C(C)C(=O)O[Si]. The van der Waals surface area contributed by atoms with Crippen molar-refractivity contribution in [3.63, 3.8) is 0 Å². The molecule has 0 rings (SSSR count). The Labute approximate surface area is 83.9 Å². The van der Waals surface area contributed by atoms with E-state index in [0.29, 0.717) is 5.92 Å². The monoisotopic (exact) mass is 197 g/mol. The molecule has 0 heterocycles. The molecule has 13 heavy (non-hydrogen) atoms. The summed E-state index contributed by atoms with van der Waals surface area (Å²) in [5.74, 6) is 0.0146. The van der Waals surface area contributed by atoms with Crippen molar-refractivity contribution < 1.29 is 9.22 Å². The van der Waals surface area contributed by atoms with Crippen LogP contribution in [0.5, 0.6) is 0 Å². The summed E-state index contributed by atoms with van der Waals surface area (Å²) >= 11 is 0. The molecule has 0 saturated heterocycles. The topological polar surface area (TPSA) is 26.3 Å². The summed E-state index contributed by atoms with van der Waals surface area (Å²) in [6.45, 7) is 5.97. The normalized spacial score (nSPS) is 15.7. The molecule has 0 aliphatic carbocycles. The molecule has 0 aromatic carbocycles. The van der Waals surface area contributed by atoms with Gasteiger partial charge in [-0.3, -0.25) is 4.79 Å². The van der Waals surface area contributed by atoms with Crippen LogP contribution in [-0.2, 0) is 9.22 Å². The van der Waals surface area contributed by atoms with Crippen LogP contribution in [0.2, 0.25) is 0 Å². The van der Waals surface area contributed by atoms with Gasteiger partial charge in [0, 0.05) is 0 Å². The van der Waals surface area contributed by atoms with Gasteiger partial charge in [-0.25, -0.2) is 0 Å². The molecule has 0 spiro atoms. The molecule has 2 unspecified atom stereocenters. The maximum atomic E-state index is 11.2. The minimum atomic E-state index is -0.201. The minimum absolute atomic E-state index is 0.0753. The zero-order chi connectivity index (χ0) is 10.3. The first kappa shape index (κ1) is 12.4. The second-order valence-electron chi connectivity index (χ2n) is 3.19. The van der Waals surface area contributed by atoms with Gasteiger partial charge in [0.15, 0.2) is 0 Å². The van der Waals surface area contributed by atoms with Crippen molar-refractivity contribution in [2.24, 2.45) is 11.8 Å². The summed E-state index contributed by atoms with van der Waals surface area (Å²) < 4.78 is 4.52. The highest BCUT2D eigenvalue weighted by atomic mass is 28.2. The van der Waals surface area contributed by atoms with Crippen LogP contribution in [0.3, 0.4) is 0 Å². The van der Waals surface area contributed by atoms with Gasteiger partial charge in [0.2, 0.25) is 0 Å². The van der Waals surface area contributed by atoms with Crippen molar-refractivity contribution >= 4 is 16.5 Å². The van der Waals surface area contributed by atoms with Crippen molar-refractivity contribution in [3.05, 3.63) is 12.2 Å². The Morgan fingerprint density at radius 3 is 2.62 bits per heavy atom.